The van der Waals surface area contributed by atoms with E-state index in [9.17, 15) is 13.2 Å². The van der Waals surface area contributed by atoms with Gasteiger partial charge in [0.15, 0.2) is 6.61 Å². The van der Waals surface area contributed by atoms with Crippen molar-refractivity contribution in [2.24, 2.45) is 5.92 Å². The molecule has 1 saturated heterocycles. The van der Waals surface area contributed by atoms with Crippen LogP contribution in [0.2, 0.25) is 5.02 Å². The Bertz CT molecular complexity index is 961. The van der Waals surface area contributed by atoms with E-state index in [0.717, 1.165) is 0 Å². The summed E-state index contributed by atoms with van der Waals surface area (Å²) in [7, 11) is -2.34. The summed E-state index contributed by atoms with van der Waals surface area (Å²) in [6.07, 6.45) is 1.43. The van der Waals surface area contributed by atoms with Crippen molar-refractivity contribution in [3.63, 3.8) is 0 Å². The van der Waals surface area contributed by atoms with Crippen LogP contribution in [0.3, 0.4) is 0 Å². The number of carbonyl (C=O) groups excluding carboxylic acids is 1. The molecule has 1 heterocycles. The molecule has 1 N–H and O–H groups in total. The van der Waals surface area contributed by atoms with Gasteiger partial charge >= 0.3 is 0 Å². The molecule has 1 aliphatic heterocycles. The first-order valence-corrected chi connectivity index (χ1v) is 11.5. The first-order valence-electron chi connectivity index (χ1n) is 9.68. The quantitative estimate of drug-likeness (QED) is 0.665. The van der Waals surface area contributed by atoms with Gasteiger partial charge in [-0.25, -0.2) is 13.1 Å². The third-order valence-electron chi connectivity index (χ3n) is 5.05. The molecule has 0 radical (unpaired) electrons. The first kappa shape index (κ1) is 22.4. The van der Waals surface area contributed by atoms with Gasteiger partial charge in [0.2, 0.25) is 10.0 Å². The van der Waals surface area contributed by atoms with Crippen LogP contribution in [-0.2, 0) is 14.8 Å². The number of rotatable bonds is 8. The van der Waals surface area contributed by atoms with E-state index in [4.69, 9.17) is 21.1 Å². The first-order chi connectivity index (χ1) is 14.4. The maximum atomic E-state index is 12.7. The van der Waals surface area contributed by atoms with E-state index in [1.807, 2.05) is 18.2 Å². The molecule has 2 aromatic rings. The summed E-state index contributed by atoms with van der Waals surface area (Å²) in [6.45, 7) is 1.43. The third kappa shape index (κ3) is 5.87. The molecule has 0 saturated carbocycles. The molecular weight excluding hydrogens is 428 g/mol. The molecule has 0 bridgehead atoms. The summed E-state index contributed by atoms with van der Waals surface area (Å²) >= 11 is 5.94. The minimum atomic E-state index is -3.75. The second kappa shape index (κ2) is 10.1. The van der Waals surface area contributed by atoms with Crippen molar-refractivity contribution in [3.8, 4) is 11.5 Å². The lowest BCUT2D eigenvalue weighted by molar-refractivity contribution is -0.134. The number of hydrogen-bond donors (Lipinski definition) is 1. The molecule has 0 aliphatic carbocycles. The monoisotopic (exact) mass is 452 g/mol. The average molecular weight is 453 g/mol. The number of nitrogens with zero attached hydrogens (tertiary/aromatic N) is 1. The number of halogens is 1. The molecule has 30 heavy (non-hydrogen) atoms. The van der Waals surface area contributed by atoms with Gasteiger partial charge in [0.05, 0.1) is 7.11 Å². The number of ether oxygens (including phenoxy) is 2. The number of benzene rings is 2. The third-order valence-corrected chi connectivity index (χ3v) is 6.73. The van der Waals surface area contributed by atoms with Crippen LogP contribution in [0.25, 0.3) is 0 Å². The highest BCUT2D eigenvalue weighted by molar-refractivity contribution is 7.89. The summed E-state index contributed by atoms with van der Waals surface area (Å²) in [6, 6.07) is 13.7. The van der Waals surface area contributed by atoms with Crippen LogP contribution in [0.15, 0.2) is 53.4 Å². The molecule has 1 fully saturated rings. The zero-order valence-electron chi connectivity index (χ0n) is 16.7. The number of nitrogens with one attached hydrogen (secondary N) is 1. The Hall–Kier alpha value is -2.29. The fraction of sp³-hybridized carbons (Fsp3) is 0.381. The number of hydrogen-bond acceptors (Lipinski definition) is 5. The van der Waals surface area contributed by atoms with Crippen molar-refractivity contribution in [2.45, 2.75) is 17.7 Å². The minimum absolute atomic E-state index is 0.00410. The lowest BCUT2D eigenvalue weighted by atomic mass is 9.97. The van der Waals surface area contributed by atoms with E-state index < -0.39 is 10.0 Å². The zero-order valence-corrected chi connectivity index (χ0v) is 18.3. The fourth-order valence-corrected chi connectivity index (χ4v) is 4.85. The Labute approximate surface area is 182 Å². The molecule has 3 rings (SSSR count). The predicted molar refractivity (Wildman–Crippen MR) is 114 cm³/mol. The second-order valence-corrected chi connectivity index (χ2v) is 9.24. The molecule has 1 amide bonds. The van der Waals surface area contributed by atoms with Gasteiger partial charge in [-0.05, 0) is 49.1 Å². The Morgan fingerprint density at radius 2 is 1.87 bits per heavy atom. The number of amides is 1. The molecule has 1 aliphatic rings. The predicted octanol–water partition coefficient (Wildman–Crippen LogP) is 2.94. The maximum Gasteiger partial charge on any atom is 0.260 e. The van der Waals surface area contributed by atoms with Gasteiger partial charge in [-0.3, -0.25) is 4.79 Å². The number of methoxy groups -OCH3 is 1. The number of carbonyl (C=O) groups is 1. The van der Waals surface area contributed by atoms with Crippen molar-refractivity contribution in [2.75, 3.05) is 33.4 Å². The lowest BCUT2D eigenvalue weighted by Crippen LogP contribution is -2.43. The molecule has 162 valence electrons. The van der Waals surface area contributed by atoms with E-state index in [1.54, 1.807) is 23.1 Å². The van der Waals surface area contributed by atoms with Crippen LogP contribution in [0.1, 0.15) is 12.8 Å². The van der Waals surface area contributed by atoms with Crippen molar-refractivity contribution in [1.82, 2.24) is 9.62 Å². The smallest absolute Gasteiger partial charge is 0.260 e. The molecule has 7 nitrogen and oxygen atoms in total. The number of sulfonamides is 1. The van der Waals surface area contributed by atoms with E-state index >= 15 is 0 Å². The standard InChI is InChI=1S/C21H25ClN2O5S/c1-28-19-8-7-17(22)13-20(19)30(26,27)23-14-16-9-11-24(12-10-16)21(25)15-29-18-5-3-2-4-6-18/h2-8,13,16,23H,9-12,14-15H2,1H3. The van der Waals surface area contributed by atoms with Crippen LogP contribution in [0.4, 0.5) is 0 Å². The van der Waals surface area contributed by atoms with Gasteiger partial charge in [-0.2, -0.15) is 0 Å². The van der Waals surface area contributed by atoms with Crippen LogP contribution in [0, 0.1) is 5.92 Å². The Morgan fingerprint density at radius 3 is 2.53 bits per heavy atom. The number of piperidine rings is 1. The summed E-state index contributed by atoms with van der Waals surface area (Å²) in [5.74, 6) is 0.975. The van der Waals surface area contributed by atoms with Crippen LogP contribution >= 0.6 is 11.6 Å². The Balaban J connectivity index is 1.48. The molecule has 2 aromatic carbocycles. The molecule has 0 unspecified atom stereocenters. The second-order valence-electron chi connectivity index (χ2n) is 7.07. The topological polar surface area (TPSA) is 84.9 Å². The van der Waals surface area contributed by atoms with Crippen molar-refractivity contribution in [3.05, 3.63) is 53.6 Å². The molecular formula is C21H25ClN2O5S. The van der Waals surface area contributed by atoms with Gasteiger partial charge in [-0.1, -0.05) is 29.8 Å². The van der Waals surface area contributed by atoms with Gasteiger partial charge < -0.3 is 14.4 Å². The highest BCUT2D eigenvalue weighted by atomic mass is 35.5. The van der Waals surface area contributed by atoms with Gasteiger partial charge in [0.25, 0.3) is 5.91 Å². The van der Waals surface area contributed by atoms with E-state index in [-0.39, 0.29) is 29.1 Å². The van der Waals surface area contributed by atoms with Crippen molar-refractivity contribution < 1.29 is 22.7 Å². The number of likely N-dealkylation sites (tertiary alicyclic amines) is 1. The van der Waals surface area contributed by atoms with E-state index in [1.165, 1.54) is 19.2 Å². The summed E-state index contributed by atoms with van der Waals surface area (Å²) in [5.41, 5.74) is 0. The lowest BCUT2D eigenvalue weighted by Gasteiger charge is -2.32. The van der Waals surface area contributed by atoms with E-state index in [2.05, 4.69) is 4.72 Å². The van der Waals surface area contributed by atoms with Gasteiger partial charge in [-0.15, -0.1) is 0 Å². The largest absolute Gasteiger partial charge is 0.495 e. The summed E-state index contributed by atoms with van der Waals surface area (Å²) in [5, 5.41) is 0.320. The Kier molecular flexibility index (Phi) is 7.58. The SMILES string of the molecule is COc1ccc(Cl)cc1S(=O)(=O)NCC1CCN(C(=O)COc2ccccc2)CC1. The van der Waals surface area contributed by atoms with Crippen LogP contribution in [-0.4, -0.2) is 52.6 Å². The maximum absolute atomic E-state index is 12.7. The zero-order chi connectivity index (χ0) is 21.6. The molecule has 0 aromatic heterocycles. The Morgan fingerprint density at radius 1 is 1.17 bits per heavy atom. The molecule has 9 heteroatoms. The fourth-order valence-electron chi connectivity index (χ4n) is 3.31. The van der Waals surface area contributed by atoms with E-state index in [0.29, 0.717) is 43.2 Å². The molecule has 0 spiro atoms. The van der Waals surface area contributed by atoms with Crippen LogP contribution in [0.5, 0.6) is 11.5 Å². The number of para-hydroxylation sites is 1. The minimum Gasteiger partial charge on any atom is -0.495 e. The van der Waals surface area contributed by atoms with Crippen LogP contribution < -0.4 is 14.2 Å². The highest BCUT2D eigenvalue weighted by Crippen LogP contribution is 2.27. The van der Waals surface area contributed by atoms with Crippen molar-refractivity contribution in [1.29, 1.82) is 0 Å². The summed E-state index contributed by atoms with van der Waals surface area (Å²) in [4.78, 5) is 14.1. The van der Waals surface area contributed by atoms with Gasteiger partial charge in [0, 0.05) is 24.7 Å². The average Bonchev–Trinajstić information content (AvgIpc) is 2.77. The van der Waals surface area contributed by atoms with Crippen molar-refractivity contribution >= 4 is 27.5 Å². The normalized spacial score (nSPS) is 15.1. The van der Waals surface area contributed by atoms with Gasteiger partial charge in [0.1, 0.15) is 16.4 Å². The highest BCUT2D eigenvalue weighted by Gasteiger charge is 2.26. The summed E-state index contributed by atoms with van der Waals surface area (Å²) < 4.78 is 38.6. The molecule has 0 atom stereocenters.